The second-order valence-electron chi connectivity index (χ2n) is 5.02. The number of imidazole rings is 1. The lowest BCUT2D eigenvalue weighted by atomic mass is 10.3. The van der Waals surface area contributed by atoms with E-state index >= 15 is 0 Å². The first-order valence-corrected chi connectivity index (χ1v) is 7.18. The van der Waals surface area contributed by atoms with Crippen molar-refractivity contribution in [3.05, 3.63) is 55.4 Å². The van der Waals surface area contributed by atoms with Gasteiger partial charge in [-0.05, 0) is 12.1 Å². The number of fused-ring (bicyclic) bond motifs is 1. The van der Waals surface area contributed by atoms with E-state index < -0.39 is 0 Å². The van der Waals surface area contributed by atoms with E-state index in [1.54, 1.807) is 34.0 Å². The van der Waals surface area contributed by atoms with Gasteiger partial charge in [0, 0.05) is 18.5 Å². The van der Waals surface area contributed by atoms with Crippen LogP contribution in [0.25, 0.3) is 16.9 Å². The zero-order chi connectivity index (χ0) is 16.4. The second-order valence-corrected chi connectivity index (χ2v) is 5.02. The maximum Gasteiger partial charge on any atom is 0.247 e. The smallest absolute Gasteiger partial charge is 0.247 e. The molecule has 0 saturated heterocycles. The Hall–Kier alpha value is -3.62. The number of nitrogens with one attached hydrogen (secondary N) is 1. The number of anilines is 1. The Morgan fingerprint density at radius 3 is 3.00 bits per heavy atom. The fourth-order valence-corrected chi connectivity index (χ4v) is 2.30. The van der Waals surface area contributed by atoms with Crippen molar-refractivity contribution in [3.63, 3.8) is 0 Å². The average Bonchev–Trinajstić information content (AvgIpc) is 3.26. The Balaban J connectivity index is 1.51. The van der Waals surface area contributed by atoms with E-state index in [4.69, 9.17) is 0 Å². The van der Waals surface area contributed by atoms with Gasteiger partial charge in [0.05, 0.1) is 5.52 Å². The quantitative estimate of drug-likeness (QED) is 0.603. The summed E-state index contributed by atoms with van der Waals surface area (Å²) in [5, 5.41) is 10.8. The molecule has 3 aromatic heterocycles. The van der Waals surface area contributed by atoms with E-state index in [0.29, 0.717) is 11.6 Å². The summed E-state index contributed by atoms with van der Waals surface area (Å²) < 4.78 is 3.27. The monoisotopic (exact) mass is 320 g/mol. The van der Waals surface area contributed by atoms with Crippen LogP contribution in [0.15, 0.2) is 55.4 Å². The highest BCUT2D eigenvalue weighted by Gasteiger charge is 2.10. The van der Waals surface area contributed by atoms with Gasteiger partial charge >= 0.3 is 0 Å². The molecule has 1 amide bonds. The van der Waals surface area contributed by atoms with Gasteiger partial charge in [0.15, 0.2) is 0 Å². The molecule has 0 aliphatic heterocycles. The highest BCUT2D eigenvalue weighted by Crippen LogP contribution is 2.11. The van der Waals surface area contributed by atoms with Gasteiger partial charge in [-0.25, -0.2) is 19.6 Å². The second kappa shape index (κ2) is 5.88. The Morgan fingerprint density at radius 1 is 1.21 bits per heavy atom. The highest BCUT2D eigenvalue weighted by molar-refractivity contribution is 5.90. The summed E-state index contributed by atoms with van der Waals surface area (Å²) in [4.78, 5) is 24.4. The molecule has 118 valence electrons. The third kappa shape index (κ3) is 2.70. The van der Waals surface area contributed by atoms with Crippen molar-refractivity contribution in [1.29, 1.82) is 0 Å². The van der Waals surface area contributed by atoms with Crippen LogP contribution in [-0.4, -0.2) is 40.4 Å². The zero-order valence-electron chi connectivity index (χ0n) is 12.4. The number of hydrogen-bond acceptors (Lipinski definition) is 6. The highest BCUT2D eigenvalue weighted by atomic mass is 16.2. The van der Waals surface area contributed by atoms with Gasteiger partial charge in [-0.2, -0.15) is 0 Å². The number of carbonyl (C=O) groups excluding carboxylic acids is 1. The van der Waals surface area contributed by atoms with Crippen LogP contribution in [0.1, 0.15) is 0 Å². The predicted molar refractivity (Wildman–Crippen MR) is 85.3 cm³/mol. The van der Waals surface area contributed by atoms with Gasteiger partial charge < -0.3 is 5.32 Å². The van der Waals surface area contributed by atoms with Gasteiger partial charge in [0.25, 0.3) is 0 Å². The summed E-state index contributed by atoms with van der Waals surface area (Å²) in [5.41, 5.74) is 1.55. The van der Waals surface area contributed by atoms with Crippen molar-refractivity contribution in [1.82, 2.24) is 34.5 Å². The minimum absolute atomic E-state index is 0.0466. The summed E-state index contributed by atoms with van der Waals surface area (Å²) in [6, 6.07) is 9.13. The molecule has 4 rings (SSSR count). The molecule has 0 bridgehead atoms. The normalized spacial score (nSPS) is 10.8. The molecule has 1 N–H and O–H groups in total. The lowest BCUT2D eigenvalue weighted by Crippen LogP contribution is -2.20. The molecule has 0 radical (unpaired) electrons. The van der Waals surface area contributed by atoms with Crippen LogP contribution in [0.2, 0.25) is 0 Å². The van der Waals surface area contributed by atoms with Crippen molar-refractivity contribution in [2.75, 3.05) is 5.32 Å². The first-order chi connectivity index (χ1) is 11.8. The van der Waals surface area contributed by atoms with E-state index in [-0.39, 0.29) is 12.5 Å². The minimum atomic E-state index is -0.249. The number of aromatic nitrogens is 7. The first-order valence-electron chi connectivity index (χ1n) is 7.18. The van der Waals surface area contributed by atoms with Gasteiger partial charge in [-0.3, -0.25) is 9.36 Å². The third-order valence-electron chi connectivity index (χ3n) is 3.40. The number of para-hydroxylation sites is 1. The van der Waals surface area contributed by atoms with E-state index in [1.165, 1.54) is 6.33 Å². The van der Waals surface area contributed by atoms with Crippen LogP contribution in [0.5, 0.6) is 0 Å². The average molecular weight is 320 g/mol. The van der Waals surface area contributed by atoms with Crippen molar-refractivity contribution >= 4 is 22.8 Å². The molecule has 0 fully saturated rings. The maximum absolute atomic E-state index is 12.2. The number of amides is 1. The number of hydrogen-bond donors (Lipinski definition) is 1. The first kappa shape index (κ1) is 14.0. The number of benzene rings is 1. The van der Waals surface area contributed by atoms with Crippen LogP contribution < -0.4 is 5.32 Å². The molecule has 0 spiro atoms. The number of rotatable bonds is 4. The molecule has 0 unspecified atom stereocenters. The molecule has 0 aliphatic rings. The zero-order valence-corrected chi connectivity index (χ0v) is 12.4. The fraction of sp³-hybridized carbons (Fsp3) is 0.0667. The van der Waals surface area contributed by atoms with Gasteiger partial charge in [-0.1, -0.05) is 17.3 Å². The van der Waals surface area contributed by atoms with Crippen LogP contribution >= 0.6 is 0 Å². The SMILES string of the molecule is O=C(Cn1nnc2ccccc21)Nc1cc(-n2ccnc2)ncn1. The Morgan fingerprint density at radius 2 is 2.12 bits per heavy atom. The van der Waals surface area contributed by atoms with Crippen molar-refractivity contribution < 1.29 is 4.79 Å². The Labute approximate surface area is 136 Å². The van der Waals surface area contributed by atoms with Gasteiger partial charge in [-0.15, -0.1) is 5.10 Å². The van der Waals surface area contributed by atoms with Gasteiger partial charge in [0.1, 0.15) is 36.4 Å². The Kier molecular flexibility index (Phi) is 3.43. The van der Waals surface area contributed by atoms with Crippen LogP contribution in [0.3, 0.4) is 0 Å². The number of carbonyl (C=O) groups is 1. The molecule has 0 saturated carbocycles. The van der Waals surface area contributed by atoms with Crippen LogP contribution in [0, 0.1) is 0 Å². The topological polar surface area (TPSA) is 103 Å². The van der Waals surface area contributed by atoms with E-state index in [0.717, 1.165) is 11.0 Å². The third-order valence-corrected chi connectivity index (χ3v) is 3.40. The predicted octanol–water partition coefficient (Wildman–Crippen LogP) is 1.05. The molecule has 0 atom stereocenters. The molecular weight excluding hydrogens is 308 g/mol. The summed E-state index contributed by atoms with van der Waals surface area (Å²) in [7, 11) is 0. The lowest BCUT2D eigenvalue weighted by Gasteiger charge is -2.06. The molecule has 3 heterocycles. The molecule has 4 aromatic rings. The van der Waals surface area contributed by atoms with Crippen LogP contribution in [-0.2, 0) is 11.3 Å². The maximum atomic E-state index is 12.2. The summed E-state index contributed by atoms with van der Waals surface area (Å²) in [6.07, 6.45) is 6.41. The Bertz CT molecular complexity index is 992. The van der Waals surface area contributed by atoms with E-state index in [9.17, 15) is 4.79 Å². The largest absolute Gasteiger partial charge is 0.309 e. The van der Waals surface area contributed by atoms with Gasteiger partial charge in [0.2, 0.25) is 5.91 Å². The summed E-state index contributed by atoms with van der Waals surface area (Å²) >= 11 is 0. The standard InChI is InChI=1S/C15H12N8O/c24-15(8-23-12-4-2-1-3-11(12)20-21-23)19-13-7-14(18-9-17-13)22-6-5-16-10-22/h1-7,9-10H,8H2,(H,17,18,19,24). The van der Waals surface area contributed by atoms with Crippen LogP contribution in [0.4, 0.5) is 5.82 Å². The van der Waals surface area contributed by atoms with Crippen molar-refractivity contribution in [2.45, 2.75) is 6.54 Å². The molecular formula is C15H12N8O. The van der Waals surface area contributed by atoms with E-state index in [1.807, 2.05) is 24.3 Å². The molecule has 24 heavy (non-hydrogen) atoms. The molecule has 9 nitrogen and oxygen atoms in total. The fourth-order valence-electron chi connectivity index (χ4n) is 2.30. The molecule has 1 aromatic carbocycles. The van der Waals surface area contributed by atoms with Crippen molar-refractivity contribution in [2.24, 2.45) is 0 Å². The minimum Gasteiger partial charge on any atom is -0.309 e. The summed E-state index contributed by atoms with van der Waals surface area (Å²) in [5.74, 6) is 0.771. The number of nitrogens with zero attached hydrogens (tertiary/aromatic N) is 7. The molecule has 0 aliphatic carbocycles. The lowest BCUT2D eigenvalue weighted by molar-refractivity contribution is -0.116. The molecule has 9 heteroatoms. The van der Waals surface area contributed by atoms with E-state index in [2.05, 4.69) is 30.6 Å². The summed E-state index contributed by atoms with van der Waals surface area (Å²) in [6.45, 7) is 0.0466. The van der Waals surface area contributed by atoms with Crippen molar-refractivity contribution in [3.8, 4) is 5.82 Å².